The van der Waals surface area contributed by atoms with Crippen molar-refractivity contribution < 1.29 is 4.79 Å². The van der Waals surface area contributed by atoms with E-state index in [2.05, 4.69) is 40.0 Å². The van der Waals surface area contributed by atoms with Gasteiger partial charge in [0, 0.05) is 16.5 Å². The topological polar surface area (TPSA) is 41.8 Å². The first kappa shape index (κ1) is 14.5. The molecule has 0 saturated carbocycles. The molecular formula is C14H15BrN2OS2. The van der Waals surface area contributed by atoms with Gasteiger partial charge in [-0.05, 0) is 23.7 Å². The van der Waals surface area contributed by atoms with Crippen LogP contribution in [0.2, 0.25) is 0 Å². The largest absolute Gasteiger partial charge is 0.294 e. The molecule has 3 rings (SSSR count). The summed E-state index contributed by atoms with van der Waals surface area (Å²) in [7, 11) is 0. The minimum absolute atomic E-state index is 0.0262. The Morgan fingerprint density at radius 1 is 1.35 bits per heavy atom. The number of fused-ring (bicyclic) bond motifs is 1. The highest BCUT2D eigenvalue weighted by atomic mass is 79.9. The third kappa shape index (κ3) is 2.31. The summed E-state index contributed by atoms with van der Waals surface area (Å²) in [4.78, 5) is 13.6. The molecule has 0 saturated heterocycles. The zero-order valence-corrected chi connectivity index (χ0v) is 14.8. The highest BCUT2D eigenvalue weighted by Gasteiger charge is 2.37. The summed E-state index contributed by atoms with van der Waals surface area (Å²) < 4.78 is 2.13. The molecule has 0 radical (unpaired) electrons. The molecule has 6 heteroatoms. The molecule has 1 aliphatic heterocycles. The van der Waals surface area contributed by atoms with E-state index in [1.807, 2.05) is 6.26 Å². The third-order valence-electron chi connectivity index (χ3n) is 3.59. The monoisotopic (exact) mass is 370 g/mol. The molecule has 0 bridgehead atoms. The van der Waals surface area contributed by atoms with Crippen molar-refractivity contribution in [3.05, 3.63) is 20.5 Å². The van der Waals surface area contributed by atoms with Gasteiger partial charge in [-0.15, -0.1) is 23.1 Å². The van der Waals surface area contributed by atoms with Crippen LogP contribution in [0, 0.1) is 5.41 Å². The van der Waals surface area contributed by atoms with Crippen LogP contribution in [0.4, 0.5) is 0 Å². The van der Waals surface area contributed by atoms with Crippen molar-refractivity contribution in [3.8, 4) is 0 Å². The maximum Gasteiger partial charge on any atom is 0.165 e. The number of thiophene rings is 1. The lowest BCUT2D eigenvalue weighted by Gasteiger charge is -2.29. The molecule has 1 aromatic rings. The second kappa shape index (κ2) is 5.07. The summed E-state index contributed by atoms with van der Waals surface area (Å²) in [5, 5.41) is 8.34. The molecule has 1 aliphatic carbocycles. The van der Waals surface area contributed by atoms with Crippen molar-refractivity contribution in [3.63, 3.8) is 0 Å². The Morgan fingerprint density at radius 2 is 2.10 bits per heavy atom. The number of carbonyl (C=O) groups excluding carboxylic acids is 1. The number of rotatable bonds is 2. The van der Waals surface area contributed by atoms with Crippen LogP contribution in [-0.2, 0) is 6.42 Å². The lowest BCUT2D eigenvalue weighted by molar-refractivity contribution is 0.0910. The molecule has 2 heterocycles. The van der Waals surface area contributed by atoms with Crippen molar-refractivity contribution in [1.82, 2.24) is 0 Å². The minimum Gasteiger partial charge on any atom is -0.294 e. The third-order valence-corrected chi connectivity index (χ3v) is 6.57. The SMILES string of the molecule is CSc1sc(C2=C(Br)CN=N2)c2c1C(=O)CC(C)(C)C2. The van der Waals surface area contributed by atoms with Crippen LogP contribution < -0.4 is 0 Å². The summed E-state index contributed by atoms with van der Waals surface area (Å²) in [5.41, 5.74) is 3.05. The van der Waals surface area contributed by atoms with Crippen molar-refractivity contribution in [2.75, 3.05) is 12.8 Å². The van der Waals surface area contributed by atoms with Crippen LogP contribution >= 0.6 is 39.0 Å². The molecule has 3 nitrogen and oxygen atoms in total. The molecule has 0 spiro atoms. The Hall–Kier alpha value is -0.460. The molecule has 0 unspecified atom stereocenters. The van der Waals surface area contributed by atoms with E-state index in [1.54, 1.807) is 23.1 Å². The van der Waals surface area contributed by atoms with Crippen LogP contribution in [0.1, 0.15) is 41.1 Å². The summed E-state index contributed by atoms with van der Waals surface area (Å²) >= 11 is 6.89. The fraction of sp³-hybridized carbons (Fsp3) is 0.500. The highest BCUT2D eigenvalue weighted by Crippen LogP contribution is 2.48. The van der Waals surface area contributed by atoms with E-state index in [0.717, 1.165) is 31.3 Å². The first-order chi connectivity index (χ1) is 9.43. The average Bonchev–Trinajstić information content (AvgIpc) is 2.91. The Balaban J connectivity index is 2.21. The van der Waals surface area contributed by atoms with E-state index in [4.69, 9.17) is 0 Å². The van der Waals surface area contributed by atoms with Gasteiger partial charge in [0.05, 0.1) is 15.6 Å². The van der Waals surface area contributed by atoms with Gasteiger partial charge in [0.25, 0.3) is 0 Å². The van der Waals surface area contributed by atoms with Crippen molar-refractivity contribution in [1.29, 1.82) is 0 Å². The molecule has 0 amide bonds. The Labute approximate surface area is 135 Å². The van der Waals surface area contributed by atoms with E-state index >= 15 is 0 Å². The number of Topliss-reactive ketones (excluding diaryl/α,β-unsaturated/α-hetero) is 1. The predicted octanol–water partition coefficient (Wildman–Crippen LogP) is 5.15. The second-order valence-corrected chi connectivity index (χ2v) is 8.92. The molecule has 20 heavy (non-hydrogen) atoms. The predicted molar refractivity (Wildman–Crippen MR) is 88.1 cm³/mol. The fourth-order valence-electron chi connectivity index (χ4n) is 2.76. The van der Waals surface area contributed by atoms with Crippen molar-refractivity contribution in [2.24, 2.45) is 15.6 Å². The molecule has 106 valence electrons. The summed E-state index contributed by atoms with van der Waals surface area (Å²) in [6.07, 6.45) is 3.59. The summed E-state index contributed by atoms with van der Waals surface area (Å²) in [6.45, 7) is 4.93. The quantitative estimate of drug-likeness (QED) is 0.675. The standard InChI is InChI=1S/C14H15BrN2OS2/c1-14(2)4-7-10(9(18)5-14)13(19-3)20-12(7)11-8(15)6-16-17-11/h4-6H2,1-3H3. The highest BCUT2D eigenvalue weighted by molar-refractivity contribution is 9.11. The van der Waals surface area contributed by atoms with Gasteiger partial charge in [0.2, 0.25) is 0 Å². The van der Waals surface area contributed by atoms with Gasteiger partial charge in [0.15, 0.2) is 5.78 Å². The summed E-state index contributed by atoms with van der Waals surface area (Å²) in [6, 6.07) is 0. The number of hydrogen-bond donors (Lipinski definition) is 0. The summed E-state index contributed by atoms with van der Waals surface area (Å²) in [5.74, 6) is 0.273. The molecule has 1 aromatic heterocycles. The molecule has 0 N–H and O–H groups in total. The zero-order valence-electron chi connectivity index (χ0n) is 11.6. The Bertz CT molecular complexity index is 658. The van der Waals surface area contributed by atoms with Crippen LogP contribution in [-0.4, -0.2) is 18.6 Å². The normalized spacial score (nSPS) is 20.7. The zero-order chi connectivity index (χ0) is 14.5. The van der Waals surface area contributed by atoms with Crippen LogP contribution in [0.15, 0.2) is 18.9 Å². The van der Waals surface area contributed by atoms with E-state index in [-0.39, 0.29) is 11.2 Å². The number of halogens is 1. The van der Waals surface area contributed by atoms with Gasteiger partial charge in [-0.2, -0.15) is 10.2 Å². The van der Waals surface area contributed by atoms with E-state index in [0.29, 0.717) is 13.0 Å². The van der Waals surface area contributed by atoms with Crippen LogP contribution in [0.3, 0.4) is 0 Å². The molecule has 0 atom stereocenters. The molecule has 2 aliphatic rings. The second-order valence-electron chi connectivity index (χ2n) is 5.87. The maximum absolute atomic E-state index is 12.5. The fourth-order valence-corrected chi connectivity index (χ4v) is 5.39. The number of carbonyl (C=O) groups is 1. The first-order valence-corrected chi connectivity index (χ1v) is 9.26. The van der Waals surface area contributed by atoms with Gasteiger partial charge >= 0.3 is 0 Å². The van der Waals surface area contributed by atoms with Crippen LogP contribution in [0.5, 0.6) is 0 Å². The Morgan fingerprint density at radius 3 is 2.70 bits per heavy atom. The number of hydrogen-bond acceptors (Lipinski definition) is 5. The van der Waals surface area contributed by atoms with Gasteiger partial charge in [-0.25, -0.2) is 0 Å². The number of azo groups is 1. The number of ketones is 1. The van der Waals surface area contributed by atoms with E-state index in [9.17, 15) is 4.79 Å². The van der Waals surface area contributed by atoms with E-state index < -0.39 is 0 Å². The number of thioether (sulfide) groups is 1. The van der Waals surface area contributed by atoms with Gasteiger partial charge in [0.1, 0.15) is 5.70 Å². The van der Waals surface area contributed by atoms with Gasteiger partial charge in [-0.1, -0.05) is 29.8 Å². The van der Waals surface area contributed by atoms with Gasteiger partial charge < -0.3 is 0 Å². The maximum atomic E-state index is 12.5. The average molecular weight is 371 g/mol. The van der Waals surface area contributed by atoms with Crippen molar-refractivity contribution >= 4 is 50.5 Å². The van der Waals surface area contributed by atoms with Crippen LogP contribution in [0.25, 0.3) is 5.70 Å². The van der Waals surface area contributed by atoms with E-state index in [1.165, 1.54) is 5.56 Å². The van der Waals surface area contributed by atoms with Gasteiger partial charge in [-0.3, -0.25) is 4.79 Å². The lowest BCUT2D eigenvalue weighted by Crippen LogP contribution is -2.26. The lowest BCUT2D eigenvalue weighted by atomic mass is 9.74. The Kier molecular flexibility index (Phi) is 3.67. The molecule has 0 aromatic carbocycles. The molecular weight excluding hydrogens is 356 g/mol. The smallest absolute Gasteiger partial charge is 0.165 e. The minimum atomic E-state index is 0.0262. The number of nitrogens with zero attached hydrogens (tertiary/aromatic N) is 2. The molecule has 0 fully saturated rings. The van der Waals surface area contributed by atoms with Crippen molar-refractivity contribution in [2.45, 2.75) is 30.9 Å². The first-order valence-electron chi connectivity index (χ1n) is 6.42.